The summed E-state index contributed by atoms with van der Waals surface area (Å²) in [5.41, 5.74) is 0.395. The Hall–Kier alpha value is -1.33. The first-order valence-corrected chi connectivity index (χ1v) is 5.36. The van der Waals surface area contributed by atoms with Gasteiger partial charge in [0.15, 0.2) is 6.10 Å². The average molecular weight is 240 g/mol. The molecule has 1 unspecified atom stereocenters. The summed E-state index contributed by atoms with van der Waals surface area (Å²) in [6.45, 7) is 0. The van der Waals surface area contributed by atoms with E-state index >= 15 is 0 Å². The minimum Gasteiger partial charge on any atom is -0.391 e. The van der Waals surface area contributed by atoms with Crippen LogP contribution >= 0.6 is 12.6 Å². The molecular weight excluding hydrogens is 228 g/mol. The maximum Gasteiger partial charge on any atom is 0.347 e. The highest BCUT2D eigenvalue weighted by atomic mass is 32.1. The van der Waals surface area contributed by atoms with Crippen molar-refractivity contribution in [2.45, 2.75) is 12.5 Å². The Morgan fingerprint density at radius 2 is 1.94 bits per heavy atom. The number of rotatable bonds is 4. The molecule has 0 amide bonds. The molecular formula is C11H12O4S. The summed E-state index contributed by atoms with van der Waals surface area (Å²) >= 11 is 3.83. The van der Waals surface area contributed by atoms with Crippen molar-refractivity contribution in [3.8, 4) is 0 Å². The Morgan fingerprint density at radius 1 is 1.31 bits per heavy atom. The molecule has 0 aliphatic heterocycles. The van der Waals surface area contributed by atoms with Crippen LogP contribution in [0.15, 0.2) is 30.3 Å². The topological polar surface area (TPSA) is 63.6 Å². The van der Waals surface area contributed by atoms with Crippen LogP contribution in [0.2, 0.25) is 0 Å². The van der Waals surface area contributed by atoms with Crippen molar-refractivity contribution < 1.29 is 19.4 Å². The normalized spacial score (nSPS) is 11.9. The lowest BCUT2D eigenvalue weighted by Gasteiger charge is -2.08. The molecule has 0 saturated carbocycles. The number of aliphatic hydroxyl groups is 1. The molecule has 0 spiro atoms. The van der Waals surface area contributed by atoms with Crippen LogP contribution in [0.1, 0.15) is 18.1 Å². The molecule has 1 aromatic rings. The molecule has 0 fully saturated rings. The number of benzene rings is 1. The number of carbonyl (C=O) groups excluding carboxylic acids is 2. The fraction of sp³-hybridized carbons (Fsp3) is 0.273. The first-order chi connectivity index (χ1) is 7.65. The molecule has 0 aromatic heterocycles. The predicted octanol–water partition coefficient (Wildman–Crippen LogP) is 1.11. The molecule has 16 heavy (non-hydrogen) atoms. The minimum atomic E-state index is -1.43. The van der Waals surface area contributed by atoms with Gasteiger partial charge < -0.3 is 9.84 Å². The Balaban J connectivity index is 2.58. The van der Waals surface area contributed by atoms with E-state index in [0.717, 1.165) is 0 Å². The van der Waals surface area contributed by atoms with Crippen molar-refractivity contribution in [1.82, 2.24) is 0 Å². The molecule has 1 atom stereocenters. The zero-order valence-electron chi connectivity index (χ0n) is 8.50. The Bertz CT molecular complexity index is 364. The third kappa shape index (κ3) is 3.67. The summed E-state index contributed by atoms with van der Waals surface area (Å²) < 4.78 is 4.43. The highest BCUT2D eigenvalue weighted by Crippen LogP contribution is 2.13. The summed E-state index contributed by atoms with van der Waals surface area (Å²) in [4.78, 5) is 22.3. The molecule has 0 radical (unpaired) electrons. The van der Waals surface area contributed by atoms with Crippen LogP contribution < -0.4 is 0 Å². The van der Waals surface area contributed by atoms with Gasteiger partial charge in [-0.3, -0.25) is 4.79 Å². The van der Waals surface area contributed by atoms with Gasteiger partial charge in [-0.05, 0) is 5.56 Å². The van der Waals surface area contributed by atoms with E-state index in [2.05, 4.69) is 17.4 Å². The van der Waals surface area contributed by atoms with Crippen molar-refractivity contribution in [2.75, 3.05) is 5.75 Å². The lowest BCUT2D eigenvalue weighted by molar-refractivity contribution is -0.165. The zero-order valence-corrected chi connectivity index (χ0v) is 9.39. The average Bonchev–Trinajstić information content (AvgIpc) is 2.29. The van der Waals surface area contributed by atoms with Gasteiger partial charge >= 0.3 is 11.9 Å². The summed E-state index contributed by atoms with van der Waals surface area (Å²) in [5.74, 6) is -1.35. The van der Waals surface area contributed by atoms with Crippen LogP contribution in [0.5, 0.6) is 0 Å². The Kier molecular flexibility index (Phi) is 5.01. The molecule has 4 nitrogen and oxygen atoms in total. The maximum absolute atomic E-state index is 11.3. The number of aliphatic hydroxyl groups excluding tert-OH is 1. The van der Waals surface area contributed by atoms with Crippen molar-refractivity contribution in [1.29, 1.82) is 0 Å². The number of carbonyl (C=O) groups is 2. The summed E-state index contributed by atoms with van der Waals surface area (Å²) in [7, 11) is 0. The predicted molar refractivity (Wildman–Crippen MR) is 61.0 cm³/mol. The molecule has 0 aliphatic rings. The second-order valence-electron chi connectivity index (χ2n) is 3.08. The smallest absolute Gasteiger partial charge is 0.347 e. The van der Waals surface area contributed by atoms with Gasteiger partial charge in [0, 0.05) is 5.75 Å². The molecule has 1 aromatic carbocycles. The van der Waals surface area contributed by atoms with E-state index in [1.54, 1.807) is 30.3 Å². The Morgan fingerprint density at radius 3 is 2.50 bits per heavy atom. The van der Waals surface area contributed by atoms with E-state index in [0.29, 0.717) is 11.3 Å². The number of hydrogen-bond donors (Lipinski definition) is 2. The zero-order chi connectivity index (χ0) is 12.0. The highest BCUT2D eigenvalue weighted by Gasteiger charge is 2.21. The summed E-state index contributed by atoms with van der Waals surface area (Å²) in [5, 5.41) is 9.56. The van der Waals surface area contributed by atoms with Crippen molar-refractivity contribution >= 4 is 24.6 Å². The quantitative estimate of drug-likeness (QED) is 0.470. The van der Waals surface area contributed by atoms with E-state index in [1.807, 2.05) is 0 Å². The molecule has 0 bridgehead atoms. The molecule has 86 valence electrons. The Labute approximate surface area is 98.6 Å². The standard InChI is InChI=1S/C11H12O4S/c12-9(6-7-16)15-11(14)10(13)8-4-2-1-3-5-8/h1-5,10,13,16H,6-7H2. The first kappa shape index (κ1) is 12.7. The van der Waals surface area contributed by atoms with E-state index in [9.17, 15) is 14.7 Å². The van der Waals surface area contributed by atoms with Crippen LogP contribution in [0.4, 0.5) is 0 Å². The van der Waals surface area contributed by atoms with Gasteiger partial charge in [0.2, 0.25) is 0 Å². The third-order valence-electron chi connectivity index (χ3n) is 1.87. The van der Waals surface area contributed by atoms with Gasteiger partial charge in [0.25, 0.3) is 0 Å². The first-order valence-electron chi connectivity index (χ1n) is 4.73. The monoisotopic (exact) mass is 240 g/mol. The lowest BCUT2D eigenvalue weighted by atomic mass is 10.1. The highest BCUT2D eigenvalue weighted by molar-refractivity contribution is 7.80. The fourth-order valence-electron chi connectivity index (χ4n) is 1.08. The SMILES string of the molecule is O=C(CCS)OC(=O)C(O)c1ccccc1. The van der Waals surface area contributed by atoms with E-state index in [4.69, 9.17) is 0 Å². The second kappa shape index (κ2) is 6.30. The van der Waals surface area contributed by atoms with Crippen LogP contribution in [0, 0.1) is 0 Å². The van der Waals surface area contributed by atoms with Gasteiger partial charge in [0.1, 0.15) is 0 Å². The third-order valence-corrected chi connectivity index (χ3v) is 2.09. The number of ether oxygens (including phenoxy) is 1. The molecule has 0 aliphatic carbocycles. The molecule has 5 heteroatoms. The van der Waals surface area contributed by atoms with Gasteiger partial charge in [-0.15, -0.1) is 0 Å². The van der Waals surface area contributed by atoms with Crippen LogP contribution in [-0.2, 0) is 14.3 Å². The molecule has 0 saturated heterocycles. The van der Waals surface area contributed by atoms with Crippen molar-refractivity contribution in [2.24, 2.45) is 0 Å². The number of hydrogen-bond acceptors (Lipinski definition) is 5. The van der Waals surface area contributed by atoms with Crippen LogP contribution in [-0.4, -0.2) is 22.8 Å². The minimum absolute atomic E-state index is 0.0381. The van der Waals surface area contributed by atoms with E-state index < -0.39 is 18.0 Å². The lowest BCUT2D eigenvalue weighted by Crippen LogP contribution is -2.19. The maximum atomic E-state index is 11.3. The molecule has 1 rings (SSSR count). The van der Waals surface area contributed by atoms with Crippen molar-refractivity contribution in [3.63, 3.8) is 0 Å². The molecule has 1 N–H and O–H groups in total. The van der Waals surface area contributed by atoms with Gasteiger partial charge in [0.05, 0.1) is 6.42 Å². The molecule has 0 heterocycles. The summed E-state index contributed by atoms with van der Waals surface area (Å²) in [6.07, 6.45) is -1.39. The van der Waals surface area contributed by atoms with E-state index in [1.165, 1.54) is 0 Å². The van der Waals surface area contributed by atoms with Gasteiger partial charge in [-0.2, -0.15) is 12.6 Å². The van der Waals surface area contributed by atoms with Crippen LogP contribution in [0.25, 0.3) is 0 Å². The van der Waals surface area contributed by atoms with Gasteiger partial charge in [-0.1, -0.05) is 30.3 Å². The number of esters is 2. The van der Waals surface area contributed by atoms with Gasteiger partial charge in [-0.25, -0.2) is 4.79 Å². The van der Waals surface area contributed by atoms with E-state index in [-0.39, 0.29) is 6.42 Å². The summed E-state index contributed by atoms with van der Waals surface area (Å²) in [6, 6.07) is 8.28. The largest absolute Gasteiger partial charge is 0.391 e. The fourth-order valence-corrected chi connectivity index (χ4v) is 1.26. The second-order valence-corrected chi connectivity index (χ2v) is 3.53. The van der Waals surface area contributed by atoms with Crippen LogP contribution in [0.3, 0.4) is 0 Å². The van der Waals surface area contributed by atoms with Crippen molar-refractivity contribution in [3.05, 3.63) is 35.9 Å². The number of thiol groups is 1.